The number of ether oxygens (including phenoxy) is 1. The Kier molecular flexibility index (Phi) is 10.6. The number of thiophene rings is 1. The minimum absolute atomic E-state index is 0. The van der Waals surface area contributed by atoms with E-state index in [-0.39, 0.29) is 37.2 Å². The lowest BCUT2D eigenvalue weighted by atomic mass is 10.1. The van der Waals surface area contributed by atoms with E-state index in [0.717, 1.165) is 65.7 Å². The molecule has 1 fully saturated rings. The number of aromatic nitrogens is 3. The number of benzene rings is 1. The Balaban J connectivity index is 0.00000152. The fraction of sp³-hybridized carbons (Fsp3) is 0.417. The van der Waals surface area contributed by atoms with E-state index in [4.69, 9.17) is 10.5 Å². The van der Waals surface area contributed by atoms with Crippen molar-refractivity contribution in [2.75, 3.05) is 53.1 Å². The van der Waals surface area contributed by atoms with E-state index in [1.54, 1.807) is 24.8 Å². The minimum atomic E-state index is 0. The Hall–Kier alpha value is -1.85. The van der Waals surface area contributed by atoms with E-state index in [0.29, 0.717) is 5.82 Å². The fourth-order valence-electron chi connectivity index (χ4n) is 4.76. The van der Waals surface area contributed by atoms with Crippen molar-refractivity contribution in [2.45, 2.75) is 20.0 Å². The number of rotatable bonds is 6. The van der Waals surface area contributed by atoms with Crippen LogP contribution in [0.3, 0.4) is 0 Å². The third-order valence-electron chi connectivity index (χ3n) is 6.21. The van der Waals surface area contributed by atoms with Gasteiger partial charge in [-0.2, -0.15) is 5.10 Å². The van der Waals surface area contributed by atoms with Crippen molar-refractivity contribution in [2.24, 2.45) is 0 Å². The molecule has 4 heterocycles. The summed E-state index contributed by atoms with van der Waals surface area (Å²) in [5, 5.41) is 9.29. The van der Waals surface area contributed by atoms with Gasteiger partial charge in [0.05, 0.1) is 17.5 Å². The second kappa shape index (κ2) is 12.6. The number of nitrogen functional groups attached to an aromatic ring is 1. The molecule has 0 bridgehead atoms. The van der Waals surface area contributed by atoms with Crippen LogP contribution >= 0.6 is 48.6 Å². The van der Waals surface area contributed by atoms with E-state index >= 15 is 0 Å². The van der Waals surface area contributed by atoms with Crippen LogP contribution in [0.15, 0.2) is 24.5 Å². The van der Waals surface area contributed by atoms with E-state index in [9.17, 15) is 0 Å². The third-order valence-corrected chi connectivity index (χ3v) is 7.39. The molecular weight excluding hydrogens is 541 g/mol. The van der Waals surface area contributed by atoms with Gasteiger partial charge < -0.3 is 20.7 Å². The van der Waals surface area contributed by atoms with Gasteiger partial charge in [0, 0.05) is 49.7 Å². The number of anilines is 1. The van der Waals surface area contributed by atoms with E-state index < -0.39 is 0 Å². The zero-order chi connectivity index (χ0) is 23.1. The van der Waals surface area contributed by atoms with E-state index in [2.05, 4.69) is 64.4 Å². The predicted molar refractivity (Wildman–Crippen MR) is 157 cm³/mol. The Labute approximate surface area is 234 Å². The molecule has 4 aromatic rings. The summed E-state index contributed by atoms with van der Waals surface area (Å²) in [7, 11) is 5.94. The highest BCUT2D eigenvalue weighted by molar-refractivity contribution is 7.22. The summed E-state index contributed by atoms with van der Waals surface area (Å²) in [5.74, 6) is 1.41. The Bertz CT molecular complexity index is 1320. The monoisotopic (exact) mass is 573 g/mol. The Morgan fingerprint density at radius 3 is 2.53 bits per heavy atom. The van der Waals surface area contributed by atoms with Gasteiger partial charge >= 0.3 is 0 Å². The van der Waals surface area contributed by atoms with Gasteiger partial charge in [0.1, 0.15) is 17.6 Å². The molecule has 1 aromatic carbocycles. The van der Waals surface area contributed by atoms with Gasteiger partial charge in [-0.05, 0) is 49.7 Å². The molecule has 0 spiro atoms. The van der Waals surface area contributed by atoms with Crippen molar-refractivity contribution in [1.82, 2.24) is 29.7 Å². The molecule has 1 saturated heterocycles. The van der Waals surface area contributed by atoms with Gasteiger partial charge in [0.15, 0.2) is 5.82 Å². The molecule has 1 aliphatic rings. The van der Waals surface area contributed by atoms with Gasteiger partial charge in [-0.25, -0.2) is 9.50 Å². The first-order valence-electron chi connectivity index (χ1n) is 11.3. The number of halogens is 3. The lowest BCUT2D eigenvalue weighted by Gasteiger charge is -2.27. The van der Waals surface area contributed by atoms with Crippen LogP contribution in [0, 0.1) is 6.92 Å². The average Bonchev–Trinajstić information content (AvgIpc) is 3.33. The second-order valence-electron chi connectivity index (χ2n) is 8.97. The van der Waals surface area contributed by atoms with Crippen molar-refractivity contribution < 1.29 is 4.74 Å². The summed E-state index contributed by atoms with van der Waals surface area (Å²) in [6.07, 6.45) is 1.56. The summed E-state index contributed by atoms with van der Waals surface area (Å²) < 4.78 is 8.87. The molecule has 0 unspecified atom stereocenters. The first-order valence-corrected chi connectivity index (χ1v) is 12.1. The first kappa shape index (κ1) is 30.4. The molecule has 0 aliphatic carbocycles. The lowest BCUT2D eigenvalue weighted by molar-refractivity contribution is 0.228. The SMILES string of the molecule is COc1cc(C)cc2cc(-c3c(CN(C)C)c(CN4CCNCC4)n4ncnc(N)c34)sc12.Cl.Cl.Cl. The molecule has 0 radical (unpaired) electrons. The van der Waals surface area contributed by atoms with Crippen molar-refractivity contribution in [3.63, 3.8) is 0 Å². The number of hydrogen-bond acceptors (Lipinski definition) is 8. The number of hydrogen-bond donors (Lipinski definition) is 2. The maximum atomic E-state index is 6.49. The highest BCUT2D eigenvalue weighted by atomic mass is 35.5. The number of nitrogens with one attached hydrogen (secondary N) is 1. The maximum absolute atomic E-state index is 6.49. The maximum Gasteiger partial charge on any atom is 0.152 e. The van der Waals surface area contributed by atoms with Crippen LogP contribution in [0.5, 0.6) is 5.75 Å². The van der Waals surface area contributed by atoms with Crippen LogP contribution < -0.4 is 15.8 Å². The van der Waals surface area contributed by atoms with Gasteiger partial charge in [-0.3, -0.25) is 4.90 Å². The van der Waals surface area contributed by atoms with Crippen LogP contribution in [0.1, 0.15) is 16.8 Å². The third kappa shape index (κ3) is 5.67. The number of methoxy groups -OCH3 is 1. The zero-order valence-electron chi connectivity index (χ0n) is 20.9. The van der Waals surface area contributed by atoms with Crippen molar-refractivity contribution in [1.29, 1.82) is 0 Å². The highest BCUT2D eigenvalue weighted by Gasteiger charge is 2.26. The number of nitrogens with zero attached hydrogens (tertiary/aromatic N) is 5. The second-order valence-corrected chi connectivity index (χ2v) is 10.0. The lowest BCUT2D eigenvalue weighted by Crippen LogP contribution is -2.43. The largest absolute Gasteiger partial charge is 0.495 e. The van der Waals surface area contributed by atoms with Gasteiger partial charge in [-0.15, -0.1) is 48.6 Å². The molecule has 12 heteroatoms. The summed E-state index contributed by atoms with van der Waals surface area (Å²) in [6, 6.07) is 6.56. The van der Waals surface area contributed by atoms with Crippen molar-refractivity contribution >= 4 is 70.0 Å². The molecule has 0 saturated carbocycles. The average molecular weight is 575 g/mol. The molecule has 0 amide bonds. The molecule has 3 N–H and O–H groups in total. The fourth-order valence-corrected chi connectivity index (χ4v) is 5.96. The van der Waals surface area contributed by atoms with Gasteiger partial charge in [-0.1, -0.05) is 6.07 Å². The van der Waals surface area contributed by atoms with Crippen molar-refractivity contribution in [3.8, 4) is 16.2 Å². The summed E-state index contributed by atoms with van der Waals surface area (Å²) in [6.45, 7) is 7.77. The summed E-state index contributed by atoms with van der Waals surface area (Å²) in [4.78, 5) is 10.2. The molecular formula is C24H34Cl3N7OS. The smallest absolute Gasteiger partial charge is 0.152 e. The summed E-state index contributed by atoms with van der Waals surface area (Å²) >= 11 is 1.74. The standard InChI is InChI=1S/C24H31N7OS.3ClH/c1-15-9-16-11-20(33-23(16)19(10-15)32-4)21-17(12-29(2)3)18(13-30-7-5-26-6-8-30)31-22(21)24(25)27-14-28-31;;;/h9-11,14,26H,5-8,12-13H2,1-4H3,(H2,25,27,28);3*1H. The predicted octanol–water partition coefficient (Wildman–Crippen LogP) is 4.24. The Morgan fingerprint density at radius 2 is 1.86 bits per heavy atom. The van der Waals surface area contributed by atoms with Gasteiger partial charge in [0.25, 0.3) is 0 Å². The molecule has 8 nitrogen and oxygen atoms in total. The molecule has 36 heavy (non-hydrogen) atoms. The van der Waals surface area contributed by atoms with Crippen LogP contribution in [-0.2, 0) is 13.1 Å². The van der Waals surface area contributed by atoms with E-state index in [1.807, 2.05) is 4.52 Å². The summed E-state index contributed by atoms with van der Waals surface area (Å²) in [5.41, 5.74) is 12.1. The zero-order valence-corrected chi connectivity index (χ0v) is 24.2. The van der Waals surface area contributed by atoms with Crippen LogP contribution in [0.2, 0.25) is 0 Å². The van der Waals surface area contributed by atoms with Crippen LogP contribution in [0.4, 0.5) is 5.82 Å². The quantitative estimate of drug-likeness (QED) is 0.356. The van der Waals surface area contributed by atoms with Gasteiger partial charge in [0.2, 0.25) is 0 Å². The molecule has 0 atom stereocenters. The van der Waals surface area contributed by atoms with E-state index in [1.165, 1.54) is 22.2 Å². The molecule has 198 valence electrons. The molecule has 1 aliphatic heterocycles. The first-order chi connectivity index (χ1) is 16.0. The van der Waals surface area contributed by atoms with Crippen LogP contribution in [0.25, 0.3) is 26.0 Å². The minimum Gasteiger partial charge on any atom is -0.495 e. The number of piperazine rings is 1. The molecule has 5 rings (SSSR count). The normalized spacial score (nSPS) is 13.9. The number of nitrogens with two attached hydrogens (primary N) is 1. The number of aryl methyl sites for hydroxylation is 1. The number of fused-ring (bicyclic) bond motifs is 2. The van der Waals surface area contributed by atoms with Crippen molar-refractivity contribution in [3.05, 3.63) is 41.3 Å². The Morgan fingerprint density at radius 1 is 1.14 bits per heavy atom. The topological polar surface area (TPSA) is 84.0 Å². The molecule has 3 aromatic heterocycles. The highest BCUT2D eigenvalue weighted by Crippen LogP contribution is 2.44. The van der Waals surface area contributed by atoms with Crippen LogP contribution in [-0.4, -0.2) is 71.8 Å².